The summed E-state index contributed by atoms with van der Waals surface area (Å²) in [5.41, 5.74) is 6.60. The predicted molar refractivity (Wildman–Crippen MR) is 74.2 cm³/mol. The molecule has 0 aliphatic carbocycles. The second kappa shape index (κ2) is 4.88. The third-order valence-corrected chi connectivity index (χ3v) is 2.92. The van der Waals surface area contributed by atoms with Gasteiger partial charge in [-0.25, -0.2) is 9.67 Å². The second-order valence-electron chi connectivity index (χ2n) is 3.26. The van der Waals surface area contributed by atoms with Gasteiger partial charge in [-0.1, -0.05) is 24.4 Å². The molecule has 0 radical (unpaired) electrons. The van der Waals surface area contributed by atoms with E-state index in [0.717, 1.165) is 0 Å². The van der Waals surface area contributed by atoms with Crippen molar-refractivity contribution in [1.82, 2.24) is 14.8 Å². The number of aromatic nitrogens is 3. The maximum Gasteiger partial charge on any atom is 0.208 e. The summed E-state index contributed by atoms with van der Waals surface area (Å²) in [4.78, 5) is 4.24. The van der Waals surface area contributed by atoms with Gasteiger partial charge in [-0.05, 0) is 40.3 Å². The molecule has 16 heavy (non-hydrogen) atoms. The average molecular weight is 344 g/mol. The first-order valence-electron chi connectivity index (χ1n) is 4.59. The van der Waals surface area contributed by atoms with Gasteiger partial charge < -0.3 is 5.73 Å². The first-order chi connectivity index (χ1) is 7.65. The molecule has 0 bridgehead atoms. The molecule has 4 nitrogen and oxygen atoms in total. The molecule has 1 aromatic heterocycles. The van der Waals surface area contributed by atoms with Gasteiger partial charge in [0, 0.05) is 3.57 Å². The van der Waals surface area contributed by atoms with Crippen LogP contribution in [-0.4, -0.2) is 19.8 Å². The Morgan fingerprint density at radius 2 is 2.06 bits per heavy atom. The fourth-order valence-corrected chi connectivity index (χ4v) is 1.71. The molecule has 2 rings (SSSR count). The molecule has 0 amide bonds. The van der Waals surface area contributed by atoms with Gasteiger partial charge in [0.05, 0.1) is 6.54 Å². The first-order valence-corrected chi connectivity index (χ1v) is 6.07. The van der Waals surface area contributed by atoms with Crippen molar-refractivity contribution in [3.05, 3.63) is 45.6 Å². The lowest BCUT2D eigenvalue weighted by atomic mass is 10.2. The van der Waals surface area contributed by atoms with Gasteiger partial charge in [-0.3, -0.25) is 0 Å². The SMILES string of the molecule is NC(=S)c1ncn(Cc2ccc(I)cc2)n1. The lowest BCUT2D eigenvalue weighted by Crippen LogP contribution is -2.12. The number of halogens is 1. The largest absolute Gasteiger partial charge is 0.387 e. The third-order valence-electron chi connectivity index (χ3n) is 2.01. The maximum atomic E-state index is 5.43. The van der Waals surface area contributed by atoms with Crippen LogP contribution < -0.4 is 5.73 Å². The number of hydrogen-bond acceptors (Lipinski definition) is 3. The highest BCUT2D eigenvalue weighted by atomic mass is 127. The van der Waals surface area contributed by atoms with E-state index in [1.165, 1.54) is 9.13 Å². The molecule has 0 unspecified atom stereocenters. The Kier molecular flexibility index (Phi) is 3.49. The zero-order chi connectivity index (χ0) is 11.5. The summed E-state index contributed by atoms with van der Waals surface area (Å²) in [5.74, 6) is 0.417. The molecule has 1 aromatic carbocycles. The van der Waals surface area contributed by atoms with Crippen LogP contribution in [0.25, 0.3) is 0 Å². The van der Waals surface area contributed by atoms with Crippen LogP contribution in [0.4, 0.5) is 0 Å². The molecule has 0 fully saturated rings. The molecule has 1 heterocycles. The molecule has 0 spiro atoms. The number of rotatable bonds is 3. The van der Waals surface area contributed by atoms with Crippen molar-refractivity contribution >= 4 is 39.8 Å². The summed E-state index contributed by atoms with van der Waals surface area (Å²) in [7, 11) is 0. The van der Waals surface area contributed by atoms with Crippen molar-refractivity contribution in [3.63, 3.8) is 0 Å². The lowest BCUT2D eigenvalue weighted by molar-refractivity contribution is 0.683. The standard InChI is InChI=1S/C10H9IN4S/c11-8-3-1-7(2-4-8)5-15-6-13-10(14-15)9(12)16/h1-4,6H,5H2,(H2,12,16). The Balaban J connectivity index is 2.14. The van der Waals surface area contributed by atoms with Crippen LogP contribution in [0.1, 0.15) is 11.4 Å². The highest BCUT2D eigenvalue weighted by Gasteiger charge is 2.03. The van der Waals surface area contributed by atoms with Crippen LogP contribution in [0.3, 0.4) is 0 Å². The van der Waals surface area contributed by atoms with Gasteiger partial charge in [-0.2, -0.15) is 0 Å². The minimum atomic E-state index is 0.223. The zero-order valence-electron chi connectivity index (χ0n) is 8.30. The number of benzene rings is 1. The monoisotopic (exact) mass is 344 g/mol. The molecule has 0 atom stereocenters. The molecular formula is C10H9IN4S. The summed E-state index contributed by atoms with van der Waals surface area (Å²) in [6, 6.07) is 8.23. The highest BCUT2D eigenvalue weighted by Crippen LogP contribution is 2.07. The maximum absolute atomic E-state index is 5.43. The molecule has 0 aliphatic rings. The van der Waals surface area contributed by atoms with E-state index in [0.29, 0.717) is 12.4 Å². The van der Waals surface area contributed by atoms with Crippen LogP contribution in [0.15, 0.2) is 30.6 Å². The van der Waals surface area contributed by atoms with Gasteiger partial charge in [0.1, 0.15) is 11.3 Å². The number of thiocarbonyl (C=S) groups is 1. The van der Waals surface area contributed by atoms with E-state index >= 15 is 0 Å². The van der Waals surface area contributed by atoms with Crippen molar-refractivity contribution in [2.24, 2.45) is 5.73 Å². The summed E-state index contributed by atoms with van der Waals surface area (Å²) in [5, 5.41) is 4.16. The number of nitrogens with zero attached hydrogens (tertiary/aromatic N) is 3. The van der Waals surface area contributed by atoms with E-state index in [2.05, 4.69) is 56.9 Å². The van der Waals surface area contributed by atoms with E-state index in [1.54, 1.807) is 11.0 Å². The molecule has 0 aliphatic heterocycles. The van der Waals surface area contributed by atoms with Crippen LogP contribution in [-0.2, 0) is 6.54 Å². The normalized spacial score (nSPS) is 10.3. The second-order valence-corrected chi connectivity index (χ2v) is 4.94. The summed E-state index contributed by atoms with van der Waals surface area (Å²) < 4.78 is 2.93. The molecule has 2 aromatic rings. The summed E-state index contributed by atoms with van der Waals surface area (Å²) >= 11 is 7.07. The third kappa shape index (κ3) is 2.76. The van der Waals surface area contributed by atoms with E-state index in [-0.39, 0.29) is 4.99 Å². The summed E-state index contributed by atoms with van der Waals surface area (Å²) in [6.45, 7) is 0.673. The van der Waals surface area contributed by atoms with Crippen LogP contribution in [0.5, 0.6) is 0 Å². The fourth-order valence-electron chi connectivity index (χ4n) is 1.26. The molecular weight excluding hydrogens is 335 g/mol. The Morgan fingerprint density at radius 1 is 1.38 bits per heavy atom. The Labute approximate surface area is 112 Å². The fraction of sp³-hybridized carbons (Fsp3) is 0.100. The van der Waals surface area contributed by atoms with Gasteiger partial charge >= 0.3 is 0 Å². The number of hydrogen-bond donors (Lipinski definition) is 1. The smallest absolute Gasteiger partial charge is 0.208 e. The molecule has 0 saturated heterocycles. The number of nitrogens with two attached hydrogens (primary N) is 1. The van der Waals surface area contributed by atoms with Crippen molar-refractivity contribution in [2.45, 2.75) is 6.54 Å². The van der Waals surface area contributed by atoms with Gasteiger partial charge in [0.25, 0.3) is 0 Å². The van der Waals surface area contributed by atoms with Gasteiger partial charge in [-0.15, -0.1) is 5.10 Å². The minimum Gasteiger partial charge on any atom is -0.387 e. The van der Waals surface area contributed by atoms with Crippen molar-refractivity contribution in [1.29, 1.82) is 0 Å². The lowest BCUT2D eigenvalue weighted by Gasteiger charge is -2.00. The van der Waals surface area contributed by atoms with Crippen LogP contribution >= 0.6 is 34.8 Å². The quantitative estimate of drug-likeness (QED) is 0.678. The molecule has 2 N–H and O–H groups in total. The van der Waals surface area contributed by atoms with E-state index in [9.17, 15) is 0 Å². The van der Waals surface area contributed by atoms with E-state index < -0.39 is 0 Å². The van der Waals surface area contributed by atoms with Gasteiger partial charge in [0.15, 0.2) is 0 Å². The van der Waals surface area contributed by atoms with Crippen molar-refractivity contribution < 1.29 is 0 Å². The highest BCUT2D eigenvalue weighted by molar-refractivity contribution is 14.1. The van der Waals surface area contributed by atoms with Crippen molar-refractivity contribution in [2.75, 3.05) is 0 Å². The van der Waals surface area contributed by atoms with Gasteiger partial charge in [0.2, 0.25) is 5.82 Å². The van der Waals surface area contributed by atoms with Crippen LogP contribution in [0, 0.1) is 3.57 Å². The van der Waals surface area contributed by atoms with E-state index in [1.807, 2.05) is 0 Å². The van der Waals surface area contributed by atoms with Crippen LogP contribution in [0.2, 0.25) is 0 Å². The molecule has 82 valence electrons. The summed E-state index contributed by atoms with van der Waals surface area (Å²) in [6.07, 6.45) is 1.63. The minimum absolute atomic E-state index is 0.223. The Bertz CT molecular complexity index is 506. The predicted octanol–water partition coefficient (Wildman–Crippen LogP) is 1.57. The topological polar surface area (TPSA) is 56.7 Å². The zero-order valence-corrected chi connectivity index (χ0v) is 11.3. The first kappa shape index (κ1) is 11.5. The molecule has 0 saturated carbocycles. The average Bonchev–Trinajstić information content (AvgIpc) is 2.70. The Morgan fingerprint density at radius 3 is 2.62 bits per heavy atom. The Hall–Kier alpha value is -1.02. The van der Waals surface area contributed by atoms with Crippen molar-refractivity contribution in [3.8, 4) is 0 Å². The van der Waals surface area contributed by atoms with E-state index in [4.69, 9.17) is 18.0 Å². The molecule has 6 heteroatoms.